The van der Waals surface area contributed by atoms with E-state index in [1.807, 2.05) is 21.1 Å². The van der Waals surface area contributed by atoms with Crippen LogP contribution < -0.4 is 4.89 Å². The highest BCUT2D eigenvalue weighted by Crippen LogP contribution is 2.38. The maximum absolute atomic E-state index is 12.8. The molecule has 0 aliphatic heterocycles. The van der Waals surface area contributed by atoms with Gasteiger partial charge in [0.05, 0.1) is 27.7 Å². The Kier molecular flexibility index (Phi) is 48.1. The van der Waals surface area contributed by atoms with Crippen LogP contribution in [0, 0.1) is 0 Å². The fourth-order valence-electron chi connectivity index (χ4n) is 7.36. The number of hydrogen-bond donors (Lipinski definition) is 0. The van der Waals surface area contributed by atoms with Gasteiger partial charge >= 0.3 is 11.9 Å². The molecule has 69 heavy (non-hydrogen) atoms. The number of esters is 2. The van der Waals surface area contributed by atoms with Gasteiger partial charge in [-0.1, -0.05) is 208 Å². The summed E-state index contributed by atoms with van der Waals surface area (Å²) in [6, 6.07) is 0. The number of quaternary nitrogens is 1. The number of phosphoric acid groups is 1. The summed E-state index contributed by atoms with van der Waals surface area (Å²) in [5.41, 5.74) is 0. The summed E-state index contributed by atoms with van der Waals surface area (Å²) < 4.78 is 34.1. The molecule has 0 heterocycles. The largest absolute Gasteiger partial charge is 0.756 e. The van der Waals surface area contributed by atoms with Crippen LogP contribution in [0.1, 0.15) is 226 Å². The lowest BCUT2D eigenvalue weighted by atomic mass is 10.0. The maximum atomic E-state index is 12.8. The molecule has 0 amide bonds. The van der Waals surface area contributed by atoms with Crippen molar-refractivity contribution in [1.82, 2.24) is 0 Å². The van der Waals surface area contributed by atoms with Crippen molar-refractivity contribution in [3.05, 3.63) is 85.1 Å². The van der Waals surface area contributed by atoms with Crippen LogP contribution in [0.2, 0.25) is 0 Å². The Morgan fingerprint density at radius 2 is 0.826 bits per heavy atom. The fraction of sp³-hybridized carbons (Fsp3) is 0.729. The van der Waals surface area contributed by atoms with Gasteiger partial charge in [0.2, 0.25) is 0 Å². The van der Waals surface area contributed by atoms with Crippen molar-refractivity contribution in [1.29, 1.82) is 0 Å². The van der Waals surface area contributed by atoms with Crippen LogP contribution in [0.5, 0.6) is 0 Å². The van der Waals surface area contributed by atoms with Crippen molar-refractivity contribution in [2.24, 2.45) is 0 Å². The van der Waals surface area contributed by atoms with E-state index in [4.69, 9.17) is 18.5 Å². The number of rotatable bonds is 50. The highest BCUT2D eigenvalue weighted by Gasteiger charge is 2.21. The lowest BCUT2D eigenvalue weighted by Crippen LogP contribution is -2.37. The molecule has 0 rings (SSSR count). The zero-order valence-electron chi connectivity index (χ0n) is 45.0. The van der Waals surface area contributed by atoms with Gasteiger partial charge in [-0.15, -0.1) is 0 Å². The van der Waals surface area contributed by atoms with Crippen molar-refractivity contribution in [2.75, 3.05) is 47.5 Å². The number of hydrogen-bond acceptors (Lipinski definition) is 8. The number of carbonyl (C=O) groups excluding carboxylic acids is 2. The van der Waals surface area contributed by atoms with E-state index >= 15 is 0 Å². The second-order valence-electron chi connectivity index (χ2n) is 19.6. The first-order chi connectivity index (χ1) is 33.5. The van der Waals surface area contributed by atoms with Crippen molar-refractivity contribution in [3.63, 3.8) is 0 Å². The number of allylic oxidation sites excluding steroid dienone is 14. The molecular weight excluding hydrogens is 882 g/mol. The quantitative estimate of drug-likeness (QED) is 0.0195. The molecule has 9 nitrogen and oxygen atoms in total. The lowest BCUT2D eigenvalue weighted by Gasteiger charge is -2.28. The van der Waals surface area contributed by atoms with Crippen molar-refractivity contribution in [3.8, 4) is 0 Å². The molecule has 2 atom stereocenters. The Hall–Kier alpha value is -2.81. The topological polar surface area (TPSA) is 111 Å². The molecular formula is C59H104NO8P. The van der Waals surface area contributed by atoms with Crippen LogP contribution in [-0.2, 0) is 32.7 Å². The van der Waals surface area contributed by atoms with Gasteiger partial charge in [0, 0.05) is 12.8 Å². The van der Waals surface area contributed by atoms with Gasteiger partial charge in [-0.25, -0.2) is 0 Å². The summed E-state index contributed by atoms with van der Waals surface area (Å²) in [7, 11) is 1.15. The smallest absolute Gasteiger partial charge is 0.306 e. The average molecular weight is 986 g/mol. The molecule has 398 valence electrons. The van der Waals surface area contributed by atoms with E-state index in [1.54, 1.807) is 0 Å². The summed E-state index contributed by atoms with van der Waals surface area (Å²) in [6.07, 6.45) is 66.2. The van der Waals surface area contributed by atoms with E-state index in [0.717, 1.165) is 96.3 Å². The summed E-state index contributed by atoms with van der Waals surface area (Å²) >= 11 is 0. The summed E-state index contributed by atoms with van der Waals surface area (Å²) in [5.74, 6) is -0.847. The van der Waals surface area contributed by atoms with E-state index in [-0.39, 0.29) is 26.1 Å². The van der Waals surface area contributed by atoms with Gasteiger partial charge in [-0.3, -0.25) is 14.2 Å². The normalized spacial score (nSPS) is 14.0. The average Bonchev–Trinajstić information content (AvgIpc) is 3.31. The fourth-order valence-corrected chi connectivity index (χ4v) is 8.09. The van der Waals surface area contributed by atoms with Gasteiger partial charge in [0.15, 0.2) is 6.10 Å². The van der Waals surface area contributed by atoms with Crippen LogP contribution in [0.4, 0.5) is 0 Å². The van der Waals surface area contributed by atoms with E-state index in [9.17, 15) is 19.0 Å². The van der Waals surface area contributed by atoms with Crippen molar-refractivity contribution in [2.45, 2.75) is 232 Å². The second kappa shape index (κ2) is 50.1. The molecule has 0 aromatic rings. The van der Waals surface area contributed by atoms with Gasteiger partial charge in [-0.2, -0.15) is 0 Å². The van der Waals surface area contributed by atoms with Gasteiger partial charge in [-0.05, 0) is 89.9 Å². The molecule has 0 aromatic carbocycles. The highest BCUT2D eigenvalue weighted by atomic mass is 31.2. The van der Waals surface area contributed by atoms with Gasteiger partial charge in [0.25, 0.3) is 7.82 Å². The number of likely N-dealkylation sites (N-methyl/N-ethyl adjacent to an activating group) is 1. The van der Waals surface area contributed by atoms with Crippen LogP contribution in [0.3, 0.4) is 0 Å². The number of unbranched alkanes of at least 4 members (excludes halogenated alkanes) is 22. The van der Waals surface area contributed by atoms with Gasteiger partial charge < -0.3 is 27.9 Å². The standard InChI is InChI=1S/C59H104NO8P/c1-6-8-10-12-14-16-18-20-22-23-24-25-26-27-28-29-30-31-32-33-34-35-36-37-38-40-42-44-46-48-50-52-59(62)68-57(56-67-69(63,64)66-54-53-60(3,4)5)55-65-58(61)51-49-47-45-43-41-39-21-19-17-15-13-11-9-7-2/h8,10,14,16,19-22,24-25,27-28,30-31,57H,6-7,9,11-13,15,17-18,23,26,29,32-56H2,1-5H3/b10-8-,16-14-,21-19-,22-20-,25-24-,28-27-,31-30-. The summed E-state index contributed by atoms with van der Waals surface area (Å²) in [4.78, 5) is 37.8. The van der Waals surface area contributed by atoms with E-state index in [2.05, 4.69) is 98.9 Å². The predicted molar refractivity (Wildman–Crippen MR) is 291 cm³/mol. The highest BCUT2D eigenvalue weighted by molar-refractivity contribution is 7.45. The molecule has 0 N–H and O–H groups in total. The molecule has 0 saturated carbocycles. The minimum absolute atomic E-state index is 0.0353. The first-order valence-corrected chi connectivity index (χ1v) is 29.3. The number of phosphoric ester groups is 1. The zero-order valence-corrected chi connectivity index (χ0v) is 45.9. The molecule has 10 heteroatoms. The first kappa shape index (κ1) is 66.2. The number of nitrogens with zero attached hydrogens (tertiary/aromatic N) is 1. The third kappa shape index (κ3) is 54.4. The third-order valence-corrected chi connectivity index (χ3v) is 12.6. The summed E-state index contributed by atoms with van der Waals surface area (Å²) in [5, 5.41) is 0. The van der Waals surface area contributed by atoms with Gasteiger partial charge in [0.1, 0.15) is 19.8 Å². The summed E-state index contributed by atoms with van der Waals surface area (Å²) in [6.45, 7) is 4.10. The molecule has 2 unspecified atom stereocenters. The van der Waals surface area contributed by atoms with Crippen LogP contribution in [-0.4, -0.2) is 70.0 Å². The van der Waals surface area contributed by atoms with E-state index in [0.29, 0.717) is 17.4 Å². The number of carbonyl (C=O) groups is 2. The van der Waals surface area contributed by atoms with E-state index < -0.39 is 32.5 Å². The molecule has 0 aliphatic rings. The zero-order chi connectivity index (χ0) is 50.6. The molecule has 0 spiro atoms. The molecule has 0 fully saturated rings. The Morgan fingerprint density at radius 1 is 0.464 bits per heavy atom. The predicted octanol–water partition coefficient (Wildman–Crippen LogP) is 16.5. The molecule has 0 radical (unpaired) electrons. The molecule has 0 saturated heterocycles. The number of ether oxygens (including phenoxy) is 2. The SMILES string of the molecule is CC/C=C\C/C=C\C/C=C\C/C=C\C/C=C\C/C=C\CCCCCCCCCCCCCCC(=O)OC(COC(=O)CCCCCCC/C=C\CCCCCCC)COP(=O)([O-])OCC[N+](C)(C)C. The van der Waals surface area contributed by atoms with Crippen molar-refractivity contribution < 1.29 is 42.1 Å². The molecule has 0 aromatic heterocycles. The second-order valence-corrected chi connectivity index (χ2v) is 21.0. The monoisotopic (exact) mass is 986 g/mol. The Labute approximate surface area is 424 Å². The Bertz CT molecular complexity index is 1440. The molecule has 0 bridgehead atoms. The minimum atomic E-state index is -4.64. The Morgan fingerprint density at radius 3 is 1.25 bits per heavy atom. The van der Waals surface area contributed by atoms with E-state index in [1.165, 1.54) is 96.3 Å². The van der Waals surface area contributed by atoms with Crippen LogP contribution >= 0.6 is 7.82 Å². The molecule has 0 aliphatic carbocycles. The third-order valence-electron chi connectivity index (χ3n) is 11.6. The Balaban J connectivity index is 4.14. The minimum Gasteiger partial charge on any atom is -0.756 e. The maximum Gasteiger partial charge on any atom is 0.306 e. The van der Waals surface area contributed by atoms with Crippen LogP contribution in [0.15, 0.2) is 85.1 Å². The first-order valence-electron chi connectivity index (χ1n) is 27.8. The lowest BCUT2D eigenvalue weighted by molar-refractivity contribution is -0.870. The van der Waals surface area contributed by atoms with Crippen LogP contribution in [0.25, 0.3) is 0 Å². The van der Waals surface area contributed by atoms with Crippen molar-refractivity contribution >= 4 is 19.8 Å².